The highest BCUT2D eigenvalue weighted by atomic mass is 16.5. The molecule has 0 aliphatic carbocycles. The minimum atomic E-state index is -1.04. The monoisotopic (exact) mass is 373 g/mol. The van der Waals surface area contributed by atoms with Gasteiger partial charge in [-0.15, -0.1) is 0 Å². The summed E-state index contributed by atoms with van der Waals surface area (Å²) in [5, 5.41) is 19.2. The number of aliphatic carboxylic acids is 1. The SMILES string of the molecule is COc1ccc(CN2CC(O)C(Cc3cnccn3)C2)cc1OCC(=O)O. The van der Waals surface area contributed by atoms with Gasteiger partial charge in [0.05, 0.1) is 18.9 Å². The van der Waals surface area contributed by atoms with Crippen LogP contribution in [0.3, 0.4) is 0 Å². The van der Waals surface area contributed by atoms with Crippen LogP contribution in [0.5, 0.6) is 11.5 Å². The zero-order valence-electron chi connectivity index (χ0n) is 15.1. The zero-order valence-corrected chi connectivity index (χ0v) is 15.1. The quantitative estimate of drug-likeness (QED) is 0.706. The fourth-order valence-corrected chi connectivity index (χ4v) is 3.31. The molecule has 1 aromatic carbocycles. The molecule has 1 fully saturated rings. The Hall–Kier alpha value is -2.71. The van der Waals surface area contributed by atoms with Crippen molar-refractivity contribution in [2.45, 2.75) is 19.1 Å². The molecule has 0 spiro atoms. The van der Waals surface area contributed by atoms with Crippen molar-refractivity contribution in [1.82, 2.24) is 14.9 Å². The average molecular weight is 373 g/mol. The summed E-state index contributed by atoms with van der Waals surface area (Å²) in [5.74, 6) is -0.0603. The maximum absolute atomic E-state index is 10.7. The van der Waals surface area contributed by atoms with E-state index in [0.29, 0.717) is 31.0 Å². The molecular formula is C19H23N3O5. The molecule has 0 bridgehead atoms. The summed E-state index contributed by atoms with van der Waals surface area (Å²) in [6.45, 7) is 1.52. The molecule has 0 amide bonds. The first kappa shape index (κ1) is 19.1. The largest absolute Gasteiger partial charge is 0.493 e. The molecule has 1 aromatic heterocycles. The minimum Gasteiger partial charge on any atom is -0.493 e. The van der Waals surface area contributed by atoms with Crippen LogP contribution in [0.4, 0.5) is 0 Å². The summed E-state index contributed by atoms with van der Waals surface area (Å²) in [6, 6.07) is 5.45. The van der Waals surface area contributed by atoms with Gasteiger partial charge in [-0.3, -0.25) is 14.9 Å². The van der Waals surface area contributed by atoms with E-state index >= 15 is 0 Å². The second-order valence-corrected chi connectivity index (χ2v) is 6.59. The van der Waals surface area contributed by atoms with E-state index in [2.05, 4.69) is 14.9 Å². The number of benzene rings is 1. The van der Waals surface area contributed by atoms with Gasteiger partial charge >= 0.3 is 5.97 Å². The standard InChI is InChI=1S/C19H23N3O5/c1-26-17-3-2-13(6-18(17)27-12-19(24)25)9-22-10-14(16(23)11-22)7-15-8-20-4-5-21-15/h2-6,8,14,16,23H,7,9-12H2,1H3,(H,24,25). The minimum absolute atomic E-state index is 0.0997. The van der Waals surface area contributed by atoms with Crippen molar-refractivity contribution >= 4 is 5.97 Å². The molecule has 2 atom stereocenters. The lowest BCUT2D eigenvalue weighted by Gasteiger charge is -2.17. The maximum atomic E-state index is 10.7. The number of carbonyl (C=O) groups is 1. The maximum Gasteiger partial charge on any atom is 0.341 e. The summed E-state index contributed by atoms with van der Waals surface area (Å²) in [6.07, 6.45) is 5.28. The number of rotatable bonds is 8. The van der Waals surface area contributed by atoms with Gasteiger partial charge in [0.25, 0.3) is 0 Å². The van der Waals surface area contributed by atoms with Crippen molar-refractivity contribution in [1.29, 1.82) is 0 Å². The lowest BCUT2D eigenvalue weighted by Crippen LogP contribution is -2.21. The van der Waals surface area contributed by atoms with Crippen LogP contribution in [0.25, 0.3) is 0 Å². The van der Waals surface area contributed by atoms with Gasteiger partial charge in [0.2, 0.25) is 0 Å². The van der Waals surface area contributed by atoms with E-state index in [1.165, 1.54) is 7.11 Å². The predicted molar refractivity (Wildman–Crippen MR) is 96.6 cm³/mol. The fourth-order valence-electron chi connectivity index (χ4n) is 3.31. The van der Waals surface area contributed by atoms with E-state index in [0.717, 1.165) is 17.8 Å². The molecular weight excluding hydrogens is 350 g/mol. The van der Waals surface area contributed by atoms with Crippen molar-refractivity contribution in [2.24, 2.45) is 5.92 Å². The normalized spacial score (nSPS) is 19.8. The van der Waals surface area contributed by atoms with E-state index in [9.17, 15) is 9.90 Å². The molecule has 0 radical (unpaired) electrons. The molecule has 8 heteroatoms. The molecule has 0 saturated carbocycles. The number of nitrogens with zero attached hydrogens (tertiary/aromatic N) is 3. The first-order valence-corrected chi connectivity index (χ1v) is 8.72. The van der Waals surface area contributed by atoms with Crippen LogP contribution < -0.4 is 9.47 Å². The summed E-state index contributed by atoms with van der Waals surface area (Å²) >= 11 is 0. The van der Waals surface area contributed by atoms with Crippen LogP contribution in [0.15, 0.2) is 36.8 Å². The van der Waals surface area contributed by atoms with Gasteiger partial charge in [-0.1, -0.05) is 6.07 Å². The predicted octanol–water partition coefficient (Wildman–Crippen LogP) is 0.984. The fraction of sp³-hybridized carbons (Fsp3) is 0.421. The number of aromatic nitrogens is 2. The Balaban J connectivity index is 1.63. The van der Waals surface area contributed by atoms with Crippen LogP contribution in [0.1, 0.15) is 11.3 Å². The Morgan fingerprint density at radius 2 is 2.15 bits per heavy atom. The summed E-state index contributed by atoms with van der Waals surface area (Å²) < 4.78 is 10.5. The molecule has 8 nitrogen and oxygen atoms in total. The van der Waals surface area contributed by atoms with Gasteiger partial charge in [-0.2, -0.15) is 0 Å². The van der Waals surface area contributed by atoms with Gasteiger partial charge < -0.3 is 19.7 Å². The number of hydrogen-bond acceptors (Lipinski definition) is 7. The molecule has 2 N–H and O–H groups in total. The summed E-state index contributed by atoms with van der Waals surface area (Å²) in [5.41, 5.74) is 1.83. The van der Waals surface area contributed by atoms with Gasteiger partial charge in [0, 0.05) is 44.1 Å². The average Bonchev–Trinajstić information content (AvgIpc) is 3.00. The molecule has 2 heterocycles. The number of carboxylic acids is 1. The lowest BCUT2D eigenvalue weighted by molar-refractivity contribution is -0.139. The van der Waals surface area contributed by atoms with Crippen LogP contribution in [-0.2, 0) is 17.8 Å². The highest BCUT2D eigenvalue weighted by Crippen LogP contribution is 2.30. The molecule has 1 aliphatic rings. The number of aliphatic hydroxyl groups is 1. The van der Waals surface area contributed by atoms with Gasteiger partial charge in [0.1, 0.15) is 0 Å². The Labute approximate surface area is 157 Å². The number of carboxylic acid groups (broad SMARTS) is 1. The van der Waals surface area contributed by atoms with E-state index < -0.39 is 18.7 Å². The van der Waals surface area contributed by atoms with E-state index in [4.69, 9.17) is 14.6 Å². The topological polar surface area (TPSA) is 105 Å². The molecule has 2 unspecified atom stereocenters. The third-order valence-corrected chi connectivity index (χ3v) is 4.56. The third-order valence-electron chi connectivity index (χ3n) is 4.56. The smallest absolute Gasteiger partial charge is 0.341 e. The molecule has 1 saturated heterocycles. The van der Waals surface area contributed by atoms with Gasteiger partial charge in [0.15, 0.2) is 18.1 Å². The third kappa shape index (κ3) is 5.15. The van der Waals surface area contributed by atoms with Crippen LogP contribution >= 0.6 is 0 Å². The first-order chi connectivity index (χ1) is 13.0. The second-order valence-electron chi connectivity index (χ2n) is 6.59. The van der Waals surface area contributed by atoms with E-state index in [1.807, 2.05) is 6.07 Å². The molecule has 1 aliphatic heterocycles. The van der Waals surface area contributed by atoms with Crippen molar-refractivity contribution in [2.75, 3.05) is 26.8 Å². The Morgan fingerprint density at radius 3 is 2.85 bits per heavy atom. The number of likely N-dealkylation sites (tertiary alicyclic amines) is 1. The van der Waals surface area contributed by atoms with Crippen LogP contribution in [-0.4, -0.2) is 64.0 Å². The summed E-state index contributed by atoms with van der Waals surface area (Å²) in [7, 11) is 1.51. The Kier molecular flexibility index (Phi) is 6.20. The number of ether oxygens (including phenoxy) is 2. The number of β-amino-alcohol motifs (C(OH)–C–C–N with tert-alkyl or cyclic N) is 1. The second kappa shape index (κ2) is 8.79. The number of methoxy groups -OCH3 is 1. The Morgan fingerprint density at radius 1 is 1.30 bits per heavy atom. The molecule has 2 aromatic rings. The Bertz CT molecular complexity index is 771. The highest BCUT2D eigenvalue weighted by molar-refractivity contribution is 5.68. The molecule has 144 valence electrons. The van der Waals surface area contributed by atoms with Crippen molar-refractivity contribution in [3.8, 4) is 11.5 Å². The van der Waals surface area contributed by atoms with Crippen molar-refractivity contribution in [3.05, 3.63) is 48.0 Å². The lowest BCUT2D eigenvalue weighted by atomic mass is 10.0. The number of aliphatic hydroxyl groups excluding tert-OH is 1. The van der Waals surface area contributed by atoms with Crippen molar-refractivity contribution < 1.29 is 24.5 Å². The zero-order chi connectivity index (χ0) is 19.2. The van der Waals surface area contributed by atoms with E-state index in [-0.39, 0.29) is 5.92 Å². The highest BCUT2D eigenvalue weighted by Gasteiger charge is 2.31. The van der Waals surface area contributed by atoms with Gasteiger partial charge in [-0.05, 0) is 24.1 Å². The first-order valence-electron chi connectivity index (χ1n) is 8.72. The summed E-state index contributed by atoms with van der Waals surface area (Å²) in [4.78, 5) is 21.3. The molecule has 27 heavy (non-hydrogen) atoms. The van der Waals surface area contributed by atoms with Crippen molar-refractivity contribution in [3.63, 3.8) is 0 Å². The van der Waals surface area contributed by atoms with E-state index in [1.54, 1.807) is 30.7 Å². The molecule has 3 rings (SSSR count). The number of hydrogen-bond donors (Lipinski definition) is 2. The van der Waals surface area contributed by atoms with Crippen LogP contribution in [0.2, 0.25) is 0 Å². The van der Waals surface area contributed by atoms with Crippen LogP contribution in [0, 0.1) is 5.92 Å². The van der Waals surface area contributed by atoms with Gasteiger partial charge in [-0.25, -0.2) is 4.79 Å².